The lowest BCUT2D eigenvalue weighted by molar-refractivity contribution is 0.0849. The Morgan fingerprint density at radius 2 is 1.84 bits per heavy atom. The summed E-state index contributed by atoms with van der Waals surface area (Å²) in [7, 11) is 1.66. The molecule has 3 aromatic rings. The lowest BCUT2D eigenvalue weighted by Gasteiger charge is -2.19. The zero-order chi connectivity index (χ0) is 22.6. The van der Waals surface area contributed by atoms with Gasteiger partial charge in [-0.2, -0.15) is 0 Å². The quantitative estimate of drug-likeness (QED) is 0.456. The molecule has 0 amide bonds. The van der Waals surface area contributed by atoms with Crippen molar-refractivity contribution in [2.45, 2.75) is 70.6 Å². The van der Waals surface area contributed by atoms with E-state index in [9.17, 15) is 5.11 Å². The van der Waals surface area contributed by atoms with E-state index in [1.165, 1.54) is 0 Å². The SMILES string of the molecule is COc1ccc(CNc2nc(C#CC3(O)CCCCCC3)nc3c2ncn3C(C)C)cc1. The summed E-state index contributed by atoms with van der Waals surface area (Å²) >= 11 is 0. The fraction of sp³-hybridized carbons (Fsp3) is 0.480. The number of rotatable bonds is 5. The lowest BCUT2D eigenvalue weighted by atomic mass is 9.95. The van der Waals surface area contributed by atoms with Gasteiger partial charge in [-0.15, -0.1) is 0 Å². The molecule has 0 aliphatic heterocycles. The van der Waals surface area contributed by atoms with Gasteiger partial charge in [0.25, 0.3) is 0 Å². The number of nitrogens with one attached hydrogen (secondary N) is 1. The zero-order valence-corrected chi connectivity index (χ0v) is 19.1. The minimum atomic E-state index is -0.955. The van der Waals surface area contributed by atoms with Crippen molar-refractivity contribution < 1.29 is 9.84 Å². The van der Waals surface area contributed by atoms with Gasteiger partial charge >= 0.3 is 0 Å². The zero-order valence-electron chi connectivity index (χ0n) is 19.1. The molecule has 32 heavy (non-hydrogen) atoms. The number of methoxy groups -OCH3 is 1. The molecule has 4 rings (SSSR count). The van der Waals surface area contributed by atoms with Crippen LogP contribution in [0.3, 0.4) is 0 Å². The standard InChI is InChI=1S/C25H31N5O2/c1-18(2)30-17-27-22-23(26-16-19-8-10-20(32-3)11-9-19)28-21(29-24(22)30)12-15-25(31)13-6-4-5-7-14-25/h8-11,17-18,31H,4-7,13-14,16H2,1-3H3,(H,26,28,29). The minimum absolute atomic E-state index is 0.205. The molecule has 0 bridgehead atoms. The molecule has 2 N–H and O–H groups in total. The highest BCUT2D eigenvalue weighted by Gasteiger charge is 2.25. The summed E-state index contributed by atoms with van der Waals surface area (Å²) in [5.74, 6) is 8.01. The molecular weight excluding hydrogens is 402 g/mol. The van der Waals surface area contributed by atoms with Crippen LogP contribution in [-0.4, -0.2) is 37.3 Å². The Balaban J connectivity index is 1.66. The Labute approximate surface area is 189 Å². The van der Waals surface area contributed by atoms with Crippen LogP contribution in [0.5, 0.6) is 5.75 Å². The van der Waals surface area contributed by atoms with E-state index >= 15 is 0 Å². The van der Waals surface area contributed by atoms with Crippen molar-refractivity contribution in [2.75, 3.05) is 12.4 Å². The molecule has 0 unspecified atom stereocenters. The molecule has 0 atom stereocenters. The van der Waals surface area contributed by atoms with Crippen molar-refractivity contribution in [3.8, 4) is 17.6 Å². The maximum absolute atomic E-state index is 10.9. The molecule has 0 radical (unpaired) electrons. The molecule has 0 spiro atoms. The van der Waals surface area contributed by atoms with Crippen LogP contribution in [0.25, 0.3) is 11.2 Å². The first-order chi connectivity index (χ1) is 15.5. The molecule has 1 fully saturated rings. The van der Waals surface area contributed by atoms with E-state index in [1.807, 2.05) is 28.8 Å². The number of imidazole rings is 1. The molecule has 1 aromatic carbocycles. The van der Waals surface area contributed by atoms with E-state index in [2.05, 4.69) is 46.0 Å². The summed E-state index contributed by atoms with van der Waals surface area (Å²) in [6.45, 7) is 4.77. The molecule has 1 aliphatic carbocycles. The Morgan fingerprint density at radius 3 is 2.50 bits per heavy atom. The van der Waals surface area contributed by atoms with Crippen LogP contribution in [-0.2, 0) is 6.54 Å². The van der Waals surface area contributed by atoms with Crippen LogP contribution in [0.1, 0.15) is 69.8 Å². The number of aliphatic hydroxyl groups is 1. The van der Waals surface area contributed by atoms with Crippen LogP contribution >= 0.6 is 0 Å². The second-order valence-corrected chi connectivity index (χ2v) is 8.71. The average Bonchev–Trinajstić information content (AvgIpc) is 3.11. The van der Waals surface area contributed by atoms with Crippen LogP contribution in [0, 0.1) is 11.8 Å². The highest BCUT2D eigenvalue weighted by atomic mass is 16.5. The van der Waals surface area contributed by atoms with Crippen molar-refractivity contribution in [1.29, 1.82) is 0 Å². The second kappa shape index (κ2) is 9.58. The normalized spacial score (nSPS) is 15.8. The van der Waals surface area contributed by atoms with E-state index < -0.39 is 5.60 Å². The summed E-state index contributed by atoms with van der Waals surface area (Å²) in [4.78, 5) is 13.9. The molecule has 0 saturated heterocycles. The topological polar surface area (TPSA) is 85.1 Å². The summed E-state index contributed by atoms with van der Waals surface area (Å²) in [5, 5.41) is 14.3. The van der Waals surface area contributed by atoms with Crippen molar-refractivity contribution >= 4 is 17.0 Å². The Hall–Kier alpha value is -3.11. The number of benzene rings is 1. The molecule has 2 aromatic heterocycles. The van der Waals surface area contributed by atoms with E-state index in [0.717, 1.165) is 42.6 Å². The molecular formula is C25H31N5O2. The Bertz CT molecular complexity index is 1120. The average molecular weight is 434 g/mol. The van der Waals surface area contributed by atoms with E-state index in [1.54, 1.807) is 13.4 Å². The molecule has 1 aliphatic rings. The largest absolute Gasteiger partial charge is 0.497 e. The van der Waals surface area contributed by atoms with Gasteiger partial charge in [0.15, 0.2) is 17.0 Å². The van der Waals surface area contributed by atoms with Gasteiger partial charge < -0.3 is 19.7 Å². The van der Waals surface area contributed by atoms with E-state index in [-0.39, 0.29) is 6.04 Å². The van der Waals surface area contributed by atoms with Crippen LogP contribution in [0.15, 0.2) is 30.6 Å². The highest BCUT2D eigenvalue weighted by Crippen LogP contribution is 2.27. The number of nitrogens with zero attached hydrogens (tertiary/aromatic N) is 4. The summed E-state index contributed by atoms with van der Waals surface area (Å²) in [5.41, 5.74) is 1.60. The van der Waals surface area contributed by atoms with Gasteiger partial charge in [-0.3, -0.25) is 0 Å². The first kappa shape index (κ1) is 22.1. The number of anilines is 1. The monoisotopic (exact) mass is 433 g/mol. The highest BCUT2D eigenvalue weighted by molar-refractivity contribution is 5.83. The molecule has 1 saturated carbocycles. The number of hydrogen-bond acceptors (Lipinski definition) is 6. The molecule has 168 valence electrons. The Kier molecular flexibility index (Phi) is 6.61. The summed E-state index contributed by atoms with van der Waals surface area (Å²) in [6.07, 6.45) is 7.50. The molecule has 7 heteroatoms. The van der Waals surface area contributed by atoms with E-state index in [4.69, 9.17) is 4.74 Å². The first-order valence-corrected chi connectivity index (χ1v) is 11.3. The van der Waals surface area contributed by atoms with Gasteiger partial charge in [0, 0.05) is 12.6 Å². The first-order valence-electron chi connectivity index (χ1n) is 11.3. The third-order valence-corrected chi connectivity index (χ3v) is 5.93. The fourth-order valence-corrected chi connectivity index (χ4v) is 4.01. The molecule has 2 heterocycles. The van der Waals surface area contributed by atoms with Gasteiger partial charge in [-0.05, 0) is 63.1 Å². The Morgan fingerprint density at radius 1 is 1.12 bits per heavy atom. The minimum Gasteiger partial charge on any atom is -0.497 e. The lowest BCUT2D eigenvalue weighted by Crippen LogP contribution is -2.25. The maximum atomic E-state index is 10.9. The second-order valence-electron chi connectivity index (χ2n) is 8.71. The van der Waals surface area contributed by atoms with Crippen molar-refractivity contribution in [3.63, 3.8) is 0 Å². The number of ether oxygens (including phenoxy) is 1. The third-order valence-electron chi connectivity index (χ3n) is 5.93. The number of aromatic nitrogens is 4. The van der Waals surface area contributed by atoms with Crippen molar-refractivity contribution in [1.82, 2.24) is 19.5 Å². The van der Waals surface area contributed by atoms with Gasteiger partial charge in [0.2, 0.25) is 5.82 Å². The van der Waals surface area contributed by atoms with Crippen LogP contribution < -0.4 is 10.1 Å². The fourth-order valence-electron chi connectivity index (χ4n) is 4.01. The van der Waals surface area contributed by atoms with Gasteiger partial charge in [0.1, 0.15) is 11.4 Å². The van der Waals surface area contributed by atoms with Gasteiger partial charge in [0.05, 0.1) is 13.4 Å². The van der Waals surface area contributed by atoms with Crippen LogP contribution in [0.4, 0.5) is 5.82 Å². The van der Waals surface area contributed by atoms with E-state index in [0.29, 0.717) is 36.5 Å². The van der Waals surface area contributed by atoms with Crippen LogP contribution in [0.2, 0.25) is 0 Å². The smallest absolute Gasteiger partial charge is 0.209 e. The maximum Gasteiger partial charge on any atom is 0.209 e. The number of fused-ring (bicyclic) bond motifs is 1. The van der Waals surface area contributed by atoms with Crippen molar-refractivity contribution in [3.05, 3.63) is 42.0 Å². The number of hydrogen-bond donors (Lipinski definition) is 2. The van der Waals surface area contributed by atoms with Gasteiger partial charge in [-0.25, -0.2) is 15.0 Å². The third kappa shape index (κ3) is 5.03. The predicted molar refractivity (Wildman–Crippen MR) is 126 cm³/mol. The predicted octanol–water partition coefficient (Wildman–Crippen LogP) is 4.46. The molecule has 7 nitrogen and oxygen atoms in total. The summed E-state index contributed by atoms with van der Waals surface area (Å²) < 4.78 is 7.25. The summed E-state index contributed by atoms with van der Waals surface area (Å²) in [6, 6.07) is 8.10. The van der Waals surface area contributed by atoms with Crippen molar-refractivity contribution in [2.24, 2.45) is 0 Å². The van der Waals surface area contributed by atoms with Gasteiger partial charge in [-0.1, -0.05) is 30.9 Å².